The number of nitrogens with zero attached hydrogens (tertiary/aromatic N) is 3. The second kappa shape index (κ2) is 7.00. The maximum atomic E-state index is 8.55. The largest absolute Gasteiger partial charge is 0.474 e. The lowest BCUT2D eigenvalue weighted by molar-refractivity contribution is 0.0237. The Morgan fingerprint density at radius 2 is 2.17 bits per heavy atom. The lowest BCUT2D eigenvalue weighted by atomic mass is 10.0. The minimum atomic E-state index is 0.0398. The molecule has 2 aromatic rings. The SMILES string of the molecule is CC(C)n1cc(C(=N)c2c(N)ccnc2OC2CCOCC2)cn1. The average Bonchev–Trinajstić information content (AvgIpc) is 3.06. The van der Waals surface area contributed by atoms with Gasteiger partial charge in [0.1, 0.15) is 6.10 Å². The third kappa shape index (κ3) is 3.41. The number of anilines is 1. The number of ether oxygens (including phenoxy) is 2. The minimum absolute atomic E-state index is 0.0398. The van der Waals surface area contributed by atoms with Gasteiger partial charge in [-0.2, -0.15) is 5.10 Å². The van der Waals surface area contributed by atoms with E-state index >= 15 is 0 Å². The molecule has 24 heavy (non-hydrogen) atoms. The van der Waals surface area contributed by atoms with Crippen LogP contribution in [0.15, 0.2) is 24.7 Å². The molecule has 1 fully saturated rings. The van der Waals surface area contributed by atoms with Crippen LogP contribution in [0.3, 0.4) is 0 Å². The van der Waals surface area contributed by atoms with Crippen LogP contribution in [-0.4, -0.2) is 39.8 Å². The van der Waals surface area contributed by atoms with Gasteiger partial charge in [0.2, 0.25) is 5.88 Å². The van der Waals surface area contributed by atoms with E-state index in [2.05, 4.69) is 10.1 Å². The van der Waals surface area contributed by atoms with Gasteiger partial charge in [0.15, 0.2) is 0 Å². The van der Waals surface area contributed by atoms with Gasteiger partial charge < -0.3 is 15.2 Å². The second-order valence-corrected chi connectivity index (χ2v) is 6.19. The first-order chi connectivity index (χ1) is 11.6. The molecule has 3 N–H and O–H groups in total. The monoisotopic (exact) mass is 329 g/mol. The molecule has 0 spiro atoms. The summed E-state index contributed by atoms with van der Waals surface area (Å²) in [7, 11) is 0. The maximum absolute atomic E-state index is 8.55. The van der Waals surface area contributed by atoms with Crippen LogP contribution in [0.25, 0.3) is 0 Å². The Kier molecular flexibility index (Phi) is 4.80. The van der Waals surface area contributed by atoms with Crippen LogP contribution in [0.1, 0.15) is 43.9 Å². The number of rotatable bonds is 5. The van der Waals surface area contributed by atoms with E-state index in [1.807, 2.05) is 24.7 Å². The van der Waals surface area contributed by atoms with Crippen LogP contribution in [0, 0.1) is 5.41 Å². The fourth-order valence-electron chi connectivity index (χ4n) is 2.64. The molecule has 0 unspecified atom stereocenters. The molecule has 0 atom stereocenters. The average molecular weight is 329 g/mol. The van der Waals surface area contributed by atoms with Crippen molar-refractivity contribution in [3.8, 4) is 5.88 Å². The van der Waals surface area contributed by atoms with E-state index in [4.69, 9.17) is 20.6 Å². The van der Waals surface area contributed by atoms with Gasteiger partial charge in [-0.15, -0.1) is 0 Å². The number of hydrogen-bond acceptors (Lipinski definition) is 6. The first-order valence-corrected chi connectivity index (χ1v) is 8.18. The van der Waals surface area contributed by atoms with E-state index in [0.717, 1.165) is 12.8 Å². The summed E-state index contributed by atoms with van der Waals surface area (Å²) in [5, 5.41) is 12.8. The number of nitrogens with two attached hydrogens (primary N) is 1. The molecule has 2 aromatic heterocycles. The standard InChI is InChI=1S/C17H23N5O2/c1-11(2)22-10-12(9-21-22)16(19)15-14(18)3-6-20-17(15)24-13-4-7-23-8-5-13/h3,6,9-11,13,19H,4-5,7-8H2,1-2H3,(H2,18,20). The normalized spacial score (nSPS) is 15.6. The van der Waals surface area contributed by atoms with Crippen molar-refractivity contribution in [2.45, 2.75) is 38.8 Å². The lowest BCUT2D eigenvalue weighted by Crippen LogP contribution is -2.27. The molecular formula is C17H23N5O2. The Morgan fingerprint density at radius 3 is 2.83 bits per heavy atom. The Bertz CT molecular complexity index is 720. The number of nitrogen functional groups attached to an aromatic ring is 1. The predicted octanol–water partition coefficient (Wildman–Crippen LogP) is 2.42. The summed E-state index contributed by atoms with van der Waals surface area (Å²) in [4.78, 5) is 4.31. The van der Waals surface area contributed by atoms with Gasteiger partial charge in [0, 0.05) is 42.5 Å². The first kappa shape index (κ1) is 16.4. The Hall–Kier alpha value is -2.41. The summed E-state index contributed by atoms with van der Waals surface area (Å²) in [5.41, 5.74) is 8.09. The second-order valence-electron chi connectivity index (χ2n) is 6.19. The van der Waals surface area contributed by atoms with E-state index < -0.39 is 0 Å². The summed E-state index contributed by atoms with van der Waals surface area (Å²) in [6.07, 6.45) is 6.80. The van der Waals surface area contributed by atoms with E-state index in [1.165, 1.54) is 0 Å². The lowest BCUT2D eigenvalue weighted by Gasteiger charge is -2.24. The molecule has 7 heteroatoms. The summed E-state index contributed by atoms with van der Waals surface area (Å²) >= 11 is 0. The van der Waals surface area contributed by atoms with Crippen molar-refractivity contribution < 1.29 is 9.47 Å². The van der Waals surface area contributed by atoms with E-state index in [-0.39, 0.29) is 17.9 Å². The highest BCUT2D eigenvalue weighted by molar-refractivity contribution is 6.15. The summed E-state index contributed by atoms with van der Waals surface area (Å²) in [5.74, 6) is 0.407. The molecule has 128 valence electrons. The molecular weight excluding hydrogens is 306 g/mol. The molecule has 1 saturated heterocycles. The van der Waals surface area contributed by atoms with E-state index in [9.17, 15) is 0 Å². The highest BCUT2D eigenvalue weighted by Gasteiger charge is 2.22. The van der Waals surface area contributed by atoms with Crippen molar-refractivity contribution >= 4 is 11.4 Å². The number of nitrogens with one attached hydrogen (secondary N) is 1. The van der Waals surface area contributed by atoms with Crippen molar-refractivity contribution in [1.29, 1.82) is 5.41 Å². The van der Waals surface area contributed by atoms with Crippen molar-refractivity contribution in [2.75, 3.05) is 18.9 Å². The highest BCUT2D eigenvalue weighted by Crippen LogP contribution is 2.27. The Morgan fingerprint density at radius 1 is 1.42 bits per heavy atom. The van der Waals surface area contributed by atoms with Gasteiger partial charge in [0.25, 0.3) is 0 Å². The smallest absolute Gasteiger partial charge is 0.225 e. The molecule has 3 rings (SSSR count). The summed E-state index contributed by atoms with van der Waals surface area (Å²) in [6.45, 7) is 5.44. The molecule has 0 radical (unpaired) electrons. The number of aromatic nitrogens is 3. The van der Waals surface area contributed by atoms with E-state index in [1.54, 1.807) is 18.5 Å². The van der Waals surface area contributed by atoms with Crippen LogP contribution in [0.5, 0.6) is 5.88 Å². The zero-order valence-electron chi connectivity index (χ0n) is 14.0. The molecule has 0 saturated carbocycles. The molecule has 3 heterocycles. The number of hydrogen-bond donors (Lipinski definition) is 2. The summed E-state index contributed by atoms with van der Waals surface area (Å²) in [6, 6.07) is 1.92. The van der Waals surface area contributed by atoms with E-state index in [0.29, 0.717) is 35.9 Å². The van der Waals surface area contributed by atoms with Crippen LogP contribution in [0.4, 0.5) is 5.69 Å². The van der Waals surface area contributed by atoms with Gasteiger partial charge in [-0.3, -0.25) is 10.1 Å². The summed E-state index contributed by atoms with van der Waals surface area (Å²) < 4.78 is 13.2. The fraction of sp³-hybridized carbons (Fsp3) is 0.471. The minimum Gasteiger partial charge on any atom is -0.474 e. The third-order valence-corrected chi connectivity index (χ3v) is 4.06. The molecule has 1 aliphatic heterocycles. The van der Waals surface area contributed by atoms with Crippen LogP contribution >= 0.6 is 0 Å². The maximum Gasteiger partial charge on any atom is 0.225 e. The van der Waals surface area contributed by atoms with Crippen LogP contribution < -0.4 is 10.5 Å². The molecule has 0 bridgehead atoms. The zero-order chi connectivity index (χ0) is 17.1. The van der Waals surface area contributed by atoms with Gasteiger partial charge in [0.05, 0.1) is 30.7 Å². The quantitative estimate of drug-likeness (QED) is 0.821. The molecule has 0 aliphatic carbocycles. The Labute approximate surface area is 141 Å². The van der Waals surface area contributed by atoms with Crippen LogP contribution in [0.2, 0.25) is 0 Å². The highest BCUT2D eigenvalue weighted by atomic mass is 16.5. The molecule has 1 aliphatic rings. The topological polar surface area (TPSA) is 99.0 Å². The number of pyridine rings is 1. The van der Waals surface area contributed by atoms with Gasteiger partial charge in [-0.05, 0) is 19.9 Å². The van der Waals surface area contributed by atoms with Crippen molar-refractivity contribution in [1.82, 2.24) is 14.8 Å². The van der Waals surface area contributed by atoms with Gasteiger partial charge in [-0.25, -0.2) is 4.98 Å². The molecule has 0 amide bonds. The zero-order valence-corrected chi connectivity index (χ0v) is 14.0. The van der Waals surface area contributed by atoms with Crippen molar-refractivity contribution in [3.63, 3.8) is 0 Å². The van der Waals surface area contributed by atoms with Crippen molar-refractivity contribution in [2.24, 2.45) is 0 Å². The van der Waals surface area contributed by atoms with Crippen molar-refractivity contribution in [3.05, 3.63) is 35.8 Å². The molecule has 7 nitrogen and oxygen atoms in total. The van der Waals surface area contributed by atoms with Gasteiger partial charge >= 0.3 is 0 Å². The first-order valence-electron chi connectivity index (χ1n) is 8.18. The predicted molar refractivity (Wildman–Crippen MR) is 91.7 cm³/mol. The fourth-order valence-corrected chi connectivity index (χ4v) is 2.64. The third-order valence-electron chi connectivity index (χ3n) is 4.06. The van der Waals surface area contributed by atoms with Crippen LogP contribution in [-0.2, 0) is 4.74 Å². The van der Waals surface area contributed by atoms with Gasteiger partial charge in [-0.1, -0.05) is 0 Å². The molecule has 0 aromatic carbocycles. The Balaban J connectivity index is 1.89.